The molecule has 0 fully saturated rings. The zero-order valence-electron chi connectivity index (χ0n) is 12.1. The second-order valence-corrected chi connectivity index (χ2v) is 4.98. The molecule has 0 radical (unpaired) electrons. The highest BCUT2D eigenvalue weighted by Gasteiger charge is 2.21. The molecule has 0 saturated carbocycles. The lowest BCUT2D eigenvalue weighted by Crippen LogP contribution is -2.38. The SMILES string of the molecule is CCC(C)OC(=O)CN1CCOc2cc(CN)ccc21. The zero-order valence-corrected chi connectivity index (χ0v) is 12.1. The normalized spacial score (nSPS) is 15.2. The molecule has 5 heteroatoms. The van der Waals surface area contributed by atoms with E-state index in [0.717, 1.165) is 23.4 Å². The van der Waals surface area contributed by atoms with Crippen LogP contribution in [0.1, 0.15) is 25.8 Å². The smallest absolute Gasteiger partial charge is 0.325 e. The lowest BCUT2D eigenvalue weighted by molar-refractivity contribution is -0.146. The summed E-state index contributed by atoms with van der Waals surface area (Å²) in [6.07, 6.45) is 0.785. The Morgan fingerprint density at radius 1 is 1.55 bits per heavy atom. The molecule has 20 heavy (non-hydrogen) atoms. The first-order valence-corrected chi connectivity index (χ1v) is 7.04. The quantitative estimate of drug-likeness (QED) is 0.830. The molecule has 0 saturated heterocycles. The van der Waals surface area contributed by atoms with Gasteiger partial charge in [0.2, 0.25) is 0 Å². The van der Waals surface area contributed by atoms with Gasteiger partial charge >= 0.3 is 5.97 Å². The number of nitrogens with zero attached hydrogens (tertiary/aromatic N) is 1. The third-order valence-corrected chi connectivity index (χ3v) is 3.45. The van der Waals surface area contributed by atoms with E-state index in [-0.39, 0.29) is 18.6 Å². The van der Waals surface area contributed by atoms with Crippen molar-refractivity contribution in [1.82, 2.24) is 0 Å². The minimum Gasteiger partial charge on any atom is -0.490 e. The lowest BCUT2D eigenvalue weighted by Gasteiger charge is -2.31. The van der Waals surface area contributed by atoms with E-state index in [4.69, 9.17) is 15.2 Å². The topological polar surface area (TPSA) is 64.8 Å². The highest BCUT2D eigenvalue weighted by Crippen LogP contribution is 2.32. The number of ether oxygens (including phenoxy) is 2. The van der Waals surface area contributed by atoms with E-state index in [0.29, 0.717) is 19.7 Å². The Morgan fingerprint density at radius 3 is 3.05 bits per heavy atom. The third-order valence-electron chi connectivity index (χ3n) is 3.45. The fraction of sp³-hybridized carbons (Fsp3) is 0.533. The van der Waals surface area contributed by atoms with Gasteiger partial charge in [0, 0.05) is 6.54 Å². The molecule has 0 amide bonds. The van der Waals surface area contributed by atoms with Gasteiger partial charge in [0.1, 0.15) is 18.9 Å². The number of carbonyl (C=O) groups excluding carboxylic acids is 1. The highest BCUT2D eigenvalue weighted by molar-refractivity contribution is 5.77. The molecule has 1 unspecified atom stereocenters. The van der Waals surface area contributed by atoms with Gasteiger partial charge in [0.05, 0.1) is 18.3 Å². The van der Waals surface area contributed by atoms with Crippen LogP contribution in [-0.2, 0) is 16.1 Å². The Hall–Kier alpha value is -1.75. The minimum absolute atomic E-state index is 0.0392. The van der Waals surface area contributed by atoms with E-state index < -0.39 is 0 Å². The van der Waals surface area contributed by atoms with E-state index >= 15 is 0 Å². The molecule has 1 aliphatic rings. The van der Waals surface area contributed by atoms with Crippen LogP contribution < -0.4 is 15.4 Å². The summed E-state index contributed by atoms with van der Waals surface area (Å²) in [4.78, 5) is 13.9. The van der Waals surface area contributed by atoms with Crippen molar-refractivity contribution in [2.45, 2.75) is 32.9 Å². The molecular weight excluding hydrogens is 256 g/mol. The second kappa shape index (κ2) is 6.61. The number of fused-ring (bicyclic) bond motifs is 1. The van der Waals surface area contributed by atoms with Crippen molar-refractivity contribution in [2.24, 2.45) is 5.73 Å². The largest absolute Gasteiger partial charge is 0.490 e. The maximum atomic E-state index is 11.9. The van der Waals surface area contributed by atoms with Crippen LogP contribution in [0.4, 0.5) is 5.69 Å². The first-order chi connectivity index (χ1) is 9.63. The van der Waals surface area contributed by atoms with Gasteiger partial charge in [-0.05, 0) is 31.0 Å². The summed E-state index contributed by atoms with van der Waals surface area (Å²) < 4.78 is 11.0. The second-order valence-electron chi connectivity index (χ2n) is 4.98. The molecule has 110 valence electrons. The van der Waals surface area contributed by atoms with E-state index in [2.05, 4.69) is 0 Å². The maximum Gasteiger partial charge on any atom is 0.325 e. The van der Waals surface area contributed by atoms with Crippen LogP contribution >= 0.6 is 0 Å². The molecular formula is C15H22N2O3. The number of nitrogens with two attached hydrogens (primary N) is 1. The van der Waals surface area contributed by atoms with Gasteiger partial charge in [0.25, 0.3) is 0 Å². The minimum atomic E-state index is -0.199. The molecule has 1 atom stereocenters. The first kappa shape index (κ1) is 14.7. The molecule has 1 aromatic rings. The third kappa shape index (κ3) is 3.42. The number of hydrogen-bond acceptors (Lipinski definition) is 5. The zero-order chi connectivity index (χ0) is 14.5. The monoisotopic (exact) mass is 278 g/mol. The molecule has 5 nitrogen and oxygen atoms in total. The van der Waals surface area contributed by atoms with Gasteiger partial charge in [-0.25, -0.2) is 0 Å². The summed E-state index contributed by atoms with van der Waals surface area (Å²) in [6, 6.07) is 5.84. The summed E-state index contributed by atoms with van der Waals surface area (Å²) in [7, 11) is 0. The van der Waals surface area contributed by atoms with Crippen LogP contribution in [0.15, 0.2) is 18.2 Å². The van der Waals surface area contributed by atoms with E-state index in [1.807, 2.05) is 36.9 Å². The standard InChI is InChI=1S/C15H22N2O3/c1-3-11(2)20-15(18)10-17-6-7-19-14-8-12(9-16)4-5-13(14)17/h4-5,8,11H,3,6-7,9-10,16H2,1-2H3. The van der Waals surface area contributed by atoms with E-state index in [9.17, 15) is 4.79 Å². The van der Waals surface area contributed by atoms with Gasteiger partial charge in [-0.15, -0.1) is 0 Å². The Bertz CT molecular complexity index is 476. The molecule has 0 bridgehead atoms. The van der Waals surface area contributed by atoms with Gasteiger partial charge in [-0.1, -0.05) is 13.0 Å². The average Bonchev–Trinajstić information content (AvgIpc) is 2.46. The van der Waals surface area contributed by atoms with Gasteiger partial charge in [0.15, 0.2) is 0 Å². The molecule has 1 aromatic carbocycles. The number of benzene rings is 1. The number of carbonyl (C=O) groups is 1. The molecule has 2 N–H and O–H groups in total. The number of esters is 1. The predicted octanol–water partition coefficient (Wildman–Crippen LogP) is 1.69. The number of hydrogen-bond donors (Lipinski definition) is 1. The summed E-state index contributed by atoms with van der Waals surface area (Å²) in [5, 5.41) is 0. The highest BCUT2D eigenvalue weighted by atomic mass is 16.5. The average molecular weight is 278 g/mol. The molecule has 1 heterocycles. The summed E-state index contributed by atoms with van der Waals surface area (Å²) in [5.74, 6) is 0.589. The van der Waals surface area contributed by atoms with E-state index in [1.165, 1.54) is 0 Å². The molecule has 0 spiro atoms. The number of anilines is 1. The van der Waals surface area contributed by atoms with Crippen molar-refractivity contribution in [3.63, 3.8) is 0 Å². The molecule has 0 aromatic heterocycles. The van der Waals surface area contributed by atoms with Crippen molar-refractivity contribution in [1.29, 1.82) is 0 Å². The predicted molar refractivity (Wildman–Crippen MR) is 77.9 cm³/mol. The Morgan fingerprint density at radius 2 is 2.35 bits per heavy atom. The van der Waals surface area contributed by atoms with E-state index in [1.54, 1.807) is 0 Å². The van der Waals surface area contributed by atoms with Crippen molar-refractivity contribution < 1.29 is 14.3 Å². The van der Waals surface area contributed by atoms with Crippen LogP contribution in [0.25, 0.3) is 0 Å². The summed E-state index contributed by atoms with van der Waals surface area (Å²) >= 11 is 0. The first-order valence-electron chi connectivity index (χ1n) is 7.04. The van der Waals surface area contributed by atoms with Crippen LogP contribution in [0.5, 0.6) is 5.75 Å². The van der Waals surface area contributed by atoms with Gasteiger partial charge in [-0.3, -0.25) is 4.79 Å². The van der Waals surface area contributed by atoms with Crippen molar-refractivity contribution >= 4 is 11.7 Å². The fourth-order valence-corrected chi connectivity index (χ4v) is 2.11. The Kier molecular flexibility index (Phi) is 4.84. The van der Waals surface area contributed by atoms with Crippen molar-refractivity contribution in [3.8, 4) is 5.75 Å². The van der Waals surface area contributed by atoms with Crippen LogP contribution in [-0.4, -0.2) is 31.8 Å². The van der Waals surface area contributed by atoms with Crippen LogP contribution in [0.2, 0.25) is 0 Å². The molecule has 1 aliphatic heterocycles. The van der Waals surface area contributed by atoms with Crippen molar-refractivity contribution in [2.75, 3.05) is 24.6 Å². The Labute approximate surface area is 119 Å². The van der Waals surface area contributed by atoms with Gasteiger partial charge in [-0.2, -0.15) is 0 Å². The fourth-order valence-electron chi connectivity index (χ4n) is 2.11. The van der Waals surface area contributed by atoms with Crippen LogP contribution in [0, 0.1) is 0 Å². The molecule has 2 rings (SSSR count). The maximum absolute atomic E-state index is 11.9. The van der Waals surface area contributed by atoms with Gasteiger partial charge < -0.3 is 20.1 Å². The number of rotatable bonds is 5. The lowest BCUT2D eigenvalue weighted by atomic mass is 10.1. The Balaban J connectivity index is 2.06. The van der Waals surface area contributed by atoms with Crippen molar-refractivity contribution in [3.05, 3.63) is 23.8 Å². The summed E-state index contributed by atoms with van der Waals surface area (Å²) in [6.45, 7) is 5.88. The summed E-state index contributed by atoms with van der Waals surface area (Å²) in [5.41, 5.74) is 7.57. The molecule has 0 aliphatic carbocycles. The van der Waals surface area contributed by atoms with Crippen LogP contribution in [0.3, 0.4) is 0 Å².